The number of aliphatic hydroxyl groups is 1. The van der Waals surface area contributed by atoms with E-state index in [1.165, 1.54) is 31.5 Å². The fourth-order valence-corrected chi connectivity index (χ4v) is 4.25. The largest absolute Gasteiger partial charge is 0.387 e. The number of allylic oxidation sites excluding steroid dienone is 3. The molecule has 0 atom stereocenters. The quantitative estimate of drug-likeness (QED) is 0.249. The van der Waals surface area contributed by atoms with E-state index in [-0.39, 0.29) is 11.4 Å². The molecule has 1 aromatic heterocycles. The maximum absolute atomic E-state index is 15.0. The highest BCUT2D eigenvalue weighted by Crippen LogP contribution is 2.37. The second kappa shape index (κ2) is 13.1. The van der Waals surface area contributed by atoms with E-state index in [9.17, 15) is 5.11 Å². The van der Waals surface area contributed by atoms with Crippen molar-refractivity contribution in [3.63, 3.8) is 0 Å². The van der Waals surface area contributed by atoms with Gasteiger partial charge < -0.3 is 15.6 Å². The van der Waals surface area contributed by atoms with Crippen molar-refractivity contribution in [3.8, 4) is 0 Å². The summed E-state index contributed by atoms with van der Waals surface area (Å²) < 4.78 is 20.1. The zero-order chi connectivity index (χ0) is 26.2. The summed E-state index contributed by atoms with van der Waals surface area (Å²) in [4.78, 5) is 8.35. The molecule has 3 N–H and O–H groups in total. The number of hydrogen-bond donors (Lipinski definition) is 2. The predicted octanol–water partition coefficient (Wildman–Crippen LogP) is 7.16. The molecule has 2 aromatic rings. The van der Waals surface area contributed by atoms with Gasteiger partial charge in [0.05, 0.1) is 16.5 Å². The molecule has 0 spiro atoms. The van der Waals surface area contributed by atoms with Crippen LogP contribution in [0.2, 0.25) is 0 Å². The Bertz CT molecular complexity index is 1080. The molecule has 0 aliphatic carbocycles. The molecule has 1 aliphatic heterocycles. The highest BCUT2D eigenvalue weighted by atomic mass is 35.5. The first-order valence-electron chi connectivity index (χ1n) is 12.3. The standard InChI is InChI=1S/C23H29ClFN3O.C5H10O/c1-7-8-16(19(24)12-27-14(4)26)15-9-17-21(13(2)3)18(23(5,6)29)11-28-22(17)20(25)10-15;1-2-4-6-5-3-1/h8-13,29H,7H2,1-6H3,(H2,26,27);1-5H2/b16-8+,19-12+;. The van der Waals surface area contributed by atoms with Gasteiger partial charge in [0.25, 0.3) is 0 Å². The summed E-state index contributed by atoms with van der Waals surface area (Å²) in [5.74, 6) is 0.00200. The average Bonchev–Trinajstić information content (AvgIpc) is 2.81. The Balaban J connectivity index is 0.000000625. The third-order valence-corrected chi connectivity index (χ3v) is 5.94. The summed E-state index contributed by atoms with van der Waals surface area (Å²) in [6.45, 7) is 13.1. The fourth-order valence-electron chi connectivity index (χ4n) is 4.02. The molecule has 5 nitrogen and oxygen atoms in total. The van der Waals surface area contributed by atoms with Gasteiger partial charge in [0.1, 0.15) is 11.3 Å². The van der Waals surface area contributed by atoms with E-state index in [4.69, 9.17) is 22.1 Å². The second-order valence-electron chi connectivity index (χ2n) is 9.60. The molecule has 3 rings (SSSR count). The molecule has 1 aromatic carbocycles. The van der Waals surface area contributed by atoms with Crippen LogP contribution in [0, 0.1) is 5.82 Å². The minimum Gasteiger partial charge on any atom is -0.387 e. The van der Waals surface area contributed by atoms with Crippen LogP contribution in [-0.4, -0.2) is 29.1 Å². The van der Waals surface area contributed by atoms with Crippen molar-refractivity contribution in [2.24, 2.45) is 10.7 Å². The topological polar surface area (TPSA) is 80.7 Å². The lowest BCUT2D eigenvalue weighted by Gasteiger charge is -2.25. The predicted molar refractivity (Wildman–Crippen MR) is 145 cm³/mol. The van der Waals surface area contributed by atoms with Gasteiger partial charge in [-0.25, -0.2) is 9.38 Å². The highest BCUT2D eigenvalue weighted by molar-refractivity contribution is 6.37. The van der Waals surface area contributed by atoms with Gasteiger partial charge in [0, 0.05) is 36.6 Å². The second-order valence-corrected chi connectivity index (χ2v) is 10.0. The zero-order valence-corrected chi connectivity index (χ0v) is 22.5. The number of nitrogens with two attached hydrogens (primary N) is 1. The van der Waals surface area contributed by atoms with Gasteiger partial charge in [-0.3, -0.25) is 4.98 Å². The summed E-state index contributed by atoms with van der Waals surface area (Å²) in [6, 6.07) is 3.31. The molecule has 0 unspecified atom stereocenters. The molecular formula is C28H39ClFN3O2. The van der Waals surface area contributed by atoms with Gasteiger partial charge in [-0.15, -0.1) is 0 Å². The molecule has 0 bridgehead atoms. The minimum absolute atomic E-state index is 0.0608. The van der Waals surface area contributed by atoms with E-state index in [2.05, 4.69) is 9.98 Å². The lowest BCUT2D eigenvalue weighted by atomic mass is 9.85. The lowest BCUT2D eigenvalue weighted by molar-refractivity contribution is 0.0771. The maximum Gasteiger partial charge on any atom is 0.150 e. The van der Waals surface area contributed by atoms with Gasteiger partial charge in [-0.2, -0.15) is 0 Å². The maximum atomic E-state index is 15.0. The smallest absolute Gasteiger partial charge is 0.150 e. The van der Waals surface area contributed by atoms with Crippen molar-refractivity contribution >= 4 is 33.9 Å². The van der Waals surface area contributed by atoms with Crippen LogP contribution in [-0.2, 0) is 10.3 Å². The van der Waals surface area contributed by atoms with Crippen molar-refractivity contribution in [1.82, 2.24) is 4.98 Å². The summed E-state index contributed by atoms with van der Waals surface area (Å²) >= 11 is 6.47. The summed E-state index contributed by atoms with van der Waals surface area (Å²) in [7, 11) is 0. The van der Waals surface area contributed by atoms with Gasteiger partial charge in [-0.1, -0.05) is 38.4 Å². The average molecular weight is 504 g/mol. The first-order valence-corrected chi connectivity index (χ1v) is 12.6. The number of nitrogens with zero attached hydrogens (tertiary/aromatic N) is 2. The van der Waals surface area contributed by atoms with Crippen molar-refractivity contribution < 1.29 is 14.2 Å². The number of hydrogen-bond acceptors (Lipinski definition) is 4. The molecule has 7 heteroatoms. The Hall–Kier alpha value is -2.28. The van der Waals surface area contributed by atoms with Crippen molar-refractivity contribution in [3.05, 3.63) is 58.1 Å². The number of halogens is 2. The number of ether oxygens (including phenoxy) is 1. The molecule has 2 heterocycles. The van der Waals surface area contributed by atoms with Crippen LogP contribution in [0.3, 0.4) is 0 Å². The van der Waals surface area contributed by atoms with Crippen LogP contribution >= 0.6 is 11.6 Å². The number of fused-ring (bicyclic) bond motifs is 1. The summed E-state index contributed by atoms with van der Waals surface area (Å²) in [6.07, 6.45) is 9.59. The van der Waals surface area contributed by atoms with E-state index in [1.54, 1.807) is 27.0 Å². The minimum atomic E-state index is -1.10. The van der Waals surface area contributed by atoms with Crippen LogP contribution in [0.15, 0.2) is 40.6 Å². The molecule has 192 valence electrons. The van der Waals surface area contributed by atoms with E-state index in [0.29, 0.717) is 39.4 Å². The first kappa shape index (κ1) is 29.0. The van der Waals surface area contributed by atoms with Gasteiger partial charge in [-0.05, 0) is 81.2 Å². The van der Waals surface area contributed by atoms with Gasteiger partial charge >= 0.3 is 0 Å². The third-order valence-electron chi connectivity index (χ3n) is 5.64. The van der Waals surface area contributed by atoms with Crippen molar-refractivity contribution in [2.75, 3.05) is 13.2 Å². The molecule has 0 amide bonds. The number of aliphatic imine (C=N–C) groups is 1. The monoisotopic (exact) mass is 503 g/mol. The lowest BCUT2D eigenvalue weighted by Crippen LogP contribution is -2.19. The Morgan fingerprint density at radius 3 is 2.40 bits per heavy atom. The number of rotatable bonds is 6. The Kier molecular flexibility index (Phi) is 10.9. The van der Waals surface area contributed by atoms with Gasteiger partial charge in [0.2, 0.25) is 0 Å². The van der Waals surface area contributed by atoms with E-state index >= 15 is 4.39 Å². The van der Waals surface area contributed by atoms with E-state index in [0.717, 1.165) is 18.8 Å². The molecule has 0 saturated carbocycles. The number of benzene rings is 1. The summed E-state index contributed by atoms with van der Waals surface area (Å²) in [5.41, 5.74) is 7.62. The van der Waals surface area contributed by atoms with Crippen LogP contribution < -0.4 is 5.73 Å². The first-order chi connectivity index (χ1) is 16.5. The number of pyridine rings is 1. The number of amidine groups is 1. The third kappa shape index (κ3) is 8.13. The van der Waals surface area contributed by atoms with Crippen molar-refractivity contribution in [2.45, 2.75) is 78.7 Å². The van der Waals surface area contributed by atoms with Crippen LogP contribution in [0.1, 0.15) is 89.8 Å². The van der Waals surface area contributed by atoms with Crippen LogP contribution in [0.5, 0.6) is 0 Å². The SMILES string of the molecule is C1CCOCC1.CC/C=C(/C(Cl)=C\N=C(C)N)c1cc(F)c2ncc(C(C)(C)O)c(C(C)C)c2c1. The Labute approximate surface area is 213 Å². The number of aromatic nitrogens is 1. The fraction of sp³-hybridized carbons (Fsp3) is 0.500. The van der Waals surface area contributed by atoms with Crippen molar-refractivity contribution in [1.29, 1.82) is 0 Å². The molecule has 1 fully saturated rings. The van der Waals surface area contributed by atoms with E-state index < -0.39 is 11.4 Å². The Morgan fingerprint density at radius 1 is 1.29 bits per heavy atom. The van der Waals surface area contributed by atoms with Crippen LogP contribution in [0.25, 0.3) is 16.5 Å². The zero-order valence-electron chi connectivity index (χ0n) is 21.8. The molecule has 1 saturated heterocycles. The molecule has 35 heavy (non-hydrogen) atoms. The summed E-state index contributed by atoms with van der Waals surface area (Å²) in [5, 5.41) is 11.7. The highest BCUT2D eigenvalue weighted by Gasteiger charge is 2.25. The molecule has 0 radical (unpaired) electrons. The molecule has 1 aliphatic rings. The Morgan fingerprint density at radius 2 is 1.94 bits per heavy atom. The van der Waals surface area contributed by atoms with Gasteiger partial charge in [0.15, 0.2) is 0 Å². The normalized spacial score (nSPS) is 15.9. The van der Waals surface area contributed by atoms with Crippen LogP contribution in [0.4, 0.5) is 4.39 Å². The van der Waals surface area contributed by atoms with E-state index in [1.807, 2.05) is 32.9 Å². The molecular weight excluding hydrogens is 465 g/mol.